The third-order valence-electron chi connectivity index (χ3n) is 3.19. The molecule has 1 fully saturated rings. The topological polar surface area (TPSA) is 29.3 Å². The lowest BCUT2D eigenvalue weighted by Crippen LogP contribution is -2.33. The van der Waals surface area contributed by atoms with Crippen LogP contribution in [-0.2, 0) is 0 Å². The molecule has 88 valence electrons. The molecule has 0 aromatic heterocycles. The molecule has 0 aliphatic carbocycles. The summed E-state index contributed by atoms with van der Waals surface area (Å²) >= 11 is 5.78. The Morgan fingerprint density at radius 2 is 2.00 bits per heavy atom. The number of nitrogens with two attached hydrogens (primary N) is 1. The van der Waals surface area contributed by atoms with Gasteiger partial charge in [-0.3, -0.25) is 0 Å². The number of rotatable bonds is 1. The Balaban J connectivity index is 2.23. The predicted octanol–water partition coefficient (Wildman–Crippen LogP) is 3.30. The molecule has 0 bridgehead atoms. The molecule has 0 radical (unpaired) electrons. The van der Waals surface area contributed by atoms with Gasteiger partial charge in [0.15, 0.2) is 0 Å². The Morgan fingerprint density at radius 3 is 2.62 bits per heavy atom. The number of halogens is 2. The van der Waals surface area contributed by atoms with Crippen molar-refractivity contribution in [2.45, 2.75) is 19.8 Å². The van der Waals surface area contributed by atoms with E-state index in [4.69, 9.17) is 17.3 Å². The Hall–Kier alpha value is -0.960. The van der Waals surface area contributed by atoms with Crippen LogP contribution in [-0.4, -0.2) is 13.1 Å². The molecular weight excluding hydrogens is 227 g/mol. The fourth-order valence-corrected chi connectivity index (χ4v) is 2.23. The van der Waals surface area contributed by atoms with Gasteiger partial charge in [0.25, 0.3) is 0 Å². The van der Waals surface area contributed by atoms with E-state index in [1.807, 2.05) is 0 Å². The second-order valence-corrected chi connectivity index (χ2v) is 4.90. The van der Waals surface area contributed by atoms with E-state index in [2.05, 4.69) is 11.8 Å². The van der Waals surface area contributed by atoms with E-state index < -0.39 is 5.82 Å². The summed E-state index contributed by atoms with van der Waals surface area (Å²) in [6, 6.07) is 2.93. The average Bonchev–Trinajstić information content (AvgIpc) is 2.25. The molecule has 1 aromatic carbocycles. The first kappa shape index (κ1) is 11.5. The van der Waals surface area contributed by atoms with Crippen LogP contribution in [0, 0.1) is 11.7 Å². The number of benzene rings is 1. The van der Waals surface area contributed by atoms with Crippen molar-refractivity contribution in [3.8, 4) is 0 Å². The lowest BCUT2D eigenvalue weighted by atomic mass is 9.98. The van der Waals surface area contributed by atoms with Crippen molar-refractivity contribution in [1.29, 1.82) is 0 Å². The molecule has 0 atom stereocenters. The monoisotopic (exact) mass is 242 g/mol. The molecule has 0 saturated carbocycles. The lowest BCUT2D eigenvalue weighted by molar-refractivity contribution is 0.438. The van der Waals surface area contributed by atoms with Gasteiger partial charge in [-0.1, -0.05) is 18.5 Å². The highest BCUT2D eigenvalue weighted by Gasteiger charge is 2.18. The van der Waals surface area contributed by atoms with Crippen LogP contribution in [0.4, 0.5) is 15.8 Å². The molecule has 1 aliphatic heterocycles. The predicted molar refractivity (Wildman–Crippen MR) is 66.4 cm³/mol. The fourth-order valence-electron chi connectivity index (χ4n) is 2.08. The van der Waals surface area contributed by atoms with Crippen molar-refractivity contribution in [3.05, 3.63) is 23.0 Å². The van der Waals surface area contributed by atoms with E-state index in [1.165, 1.54) is 6.07 Å². The zero-order valence-corrected chi connectivity index (χ0v) is 10.1. The van der Waals surface area contributed by atoms with Crippen molar-refractivity contribution < 1.29 is 4.39 Å². The van der Waals surface area contributed by atoms with Gasteiger partial charge in [-0.15, -0.1) is 0 Å². The molecule has 1 heterocycles. The first-order chi connectivity index (χ1) is 7.58. The van der Waals surface area contributed by atoms with Crippen molar-refractivity contribution >= 4 is 23.0 Å². The highest BCUT2D eigenvalue weighted by atomic mass is 35.5. The minimum absolute atomic E-state index is 0.142. The highest BCUT2D eigenvalue weighted by molar-refractivity contribution is 6.31. The third kappa shape index (κ3) is 2.24. The Morgan fingerprint density at radius 1 is 1.38 bits per heavy atom. The molecule has 0 unspecified atom stereocenters. The first-order valence-corrected chi connectivity index (χ1v) is 5.95. The summed E-state index contributed by atoms with van der Waals surface area (Å²) in [6.45, 7) is 4.18. The second-order valence-electron chi connectivity index (χ2n) is 4.49. The lowest BCUT2D eigenvalue weighted by Gasteiger charge is -2.33. The Labute approximate surface area is 100 Å². The molecule has 2 rings (SSSR count). The number of anilines is 2. The fraction of sp³-hybridized carbons (Fsp3) is 0.500. The van der Waals surface area contributed by atoms with E-state index in [-0.39, 0.29) is 5.02 Å². The minimum Gasteiger partial charge on any atom is -0.397 e. The third-order valence-corrected chi connectivity index (χ3v) is 3.48. The van der Waals surface area contributed by atoms with Crippen molar-refractivity contribution in [2.75, 3.05) is 23.7 Å². The van der Waals surface area contributed by atoms with Crippen molar-refractivity contribution in [1.82, 2.24) is 0 Å². The molecule has 16 heavy (non-hydrogen) atoms. The maximum atomic E-state index is 13.2. The molecule has 1 aromatic rings. The molecule has 1 aliphatic rings. The van der Waals surface area contributed by atoms with Gasteiger partial charge in [0.1, 0.15) is 5.82 Å². The zero-order valence-electron chi connectivity index (χ0n) is 9.34. The summed E-state index contributed by atoms with van der Waals surface area (Å²) in [7, 11) is 0. The number of nitrogen functional groups attached to an aromatic ring is 1. The highest BCUT2D eigenvalue weighted by Crippen LogP contribution is 2.32. The minimum atomic E-state index is -0.451. The Bertz CT molecular complexity index is 387. The summed E-state index contributed by atoms with van der Waals surface area (Å²) in [6.07, 6.45) is 2.29. The molecule has 2 N–H and O–H groups in total. The zero-order chi connectivity index (χ0) is 11.7. The van der Waals surface area contributed by atoms with Gasteiger partial charge in [-0.25, -0.2) is 4.39 Å². The van der Waals surface area contributed by atoms with Crippen LogP contribution in [0.1, 0.15) is 19.8 Å². The summed E-state index contributed by atoms with van der Waals surface area (Å²) in [5, 5.41) is 0.142. The SMILES string of the molecule is CC1CCN(c2cc(Cl)c(F)cc2N)CC1. The van der Waals surface area contributed by atoms with Crippen LogP contribution < -0.4 is 10.6 Å². The van der Waals surface area contributed by atoms with E-state index in [0.717, 1.165) is 37.5 Å². The van der Waals surface area contributed by atoms with Crippen LogP contribution in [0.5, 0.6) is 0 Å². The van der Waals surface area contributed by atoms with Crippen LogP contribution in [0.25, 0.3) is 0 Å². The summed E-state index contributed by atoms with van der Waals surface area (Å²) < 4.78 is 13.2. The average molecular weight is 243 g/mol. The second kappa shape index (κ2) is 4.50. The maximum Gasteiger partial charge on any atom is 0.143 e. The Kier molecular flexibility index (Phi) is 3.24. The van der Waals surface area contributed by atoms with E-state index in [1.54, 1.807) is 6.07 Å². The van der Waals surface area contributed by atoms with E-state index in [9.17, 15) is 4.39 Å². The molecule has 0 spiro atoms. The largest absolute Gasteiger partial charge is 0.397 e. The van der Waals surface area contributed by atoms with Gasteiger partial charge in [0, 0.05) is 19.2 Å². The molecule has 2 nitrogen and oxygen atoms in total. The quantitative estimate of drug-likeness (QED) is 0.766. The van der Waals surface area contributed by atoms with Crippen LogP contribution >= 0.6 is 11.6 Å². The van der Waals surface area contributed by atoms with Crippen LogP contribution in [0.3, 0.4) is 0 Å². The molecule has 1 saturated heterocycles. The van der Waals surface area contributed by atoms with Crippen molar-refractivity contribution in [3.63, 3.8) is 0 Å². The van der Waals surface area contributed by atoms with Gasteiger partial charge >= 0.3 is 0 Å². The number of nitrogens with zero attached hydrogens (tertiary/aromatic N) is 1. The number of piperidine rings is 1. The maximum absolute atomic E-state index is 13.2. The van der Waals surface area contributed by atoms with Gasteiger partial charge in [-0.2, -0.15) is 0 Å². The normalized spacial score (nSPS) is 17.8. The summed E-state index contributed by atoms with van der Waals surface area (Å²) in [4.78, 5) is 2.18. The van der Waals surface area contributed by atoms with Crippen molar-refractivity contribution in [2.24, 2.45) is 5.92 Å². The molecule has 0 amide bonds. The van der Waals surface area contributed by atoms with Crippen LogP contribution in [0.15, 0.2) is 12.1 Å². The van der Waals surface area contributed by atoms with Gasteiger partial charge in [-0.05, 0) is 24.8 Å². The van der Waals surface area contributed by atoms with Gasteiger partial charge in [0.2, 0.25) is 0 Å². The van der Waals surface area contributed by atoms with Crippen LogP contribution in [0.2, 0.25) is 5.02 Å². The standard InChI is InChI=1S/C12H16ClFN2/c1-8-2-4-16(5-3-8)12-6-9(13)10(14)7-11(12)15/h6-8H,2-5,15H2,1H3. The van der Waals surface area contributed by atoms with E-state index in [0.29, 0.717) is 5.69 Å². The summed E-state index contributed by atoms with van der Waals surface area (Å²) in [5.74, 6) is 0.307. The van der Waals surface area contributed by atoms with E-state index >= 15 is 0 Å². The van der Waals surface area contributed by atoms with Gasteiger partial charge < -0.3 is 10.6 Å². The molecule has 4 heteroatoms. The molecular formula is C12H16ClFN2. The smallest absolute Gasteiger partial charge is 0.143 e. The number of hydrogen-bond acceptors (Lipinski definition) is 2. The first-order valence-electron chi connectivity index (χ1n) is 5.57. The number of hydrogen-bond donors (Lipinski definition) is 1. The van der Waals surface area contributed by atoms with Gasteiger partial charge in [0.05, 0.1) is 16.4 Å². The summed E-state index contributed by atoms with van der Waals surface area (Å²) in [5.41, 5.74) is 7.14.